The van der Waals surface area contributed by atoms with Crippen LogP contribution in [0.1, 0.15) is 36.9 Å². The van der Waals surface area contributed by atoms with Crippen LogP contribution in [0, 0.1) is 11.3 Å². The lowest BCUT2D eigenvalue weighted by molar-refractivity contribution is -0.932. The molecule has 146 valence electrons. The second-order valence-corrected chi connectivity index (χ2v) is 7.03. The molecule has 2 aromatic carbocycles. The zero-order valence-corrected chi connectivity index (χ0v) is 16.5. The smallest absolute Gasteiger partial charge is 0.282 e. The second-order valence-electron chi connectivity index (χ2n) is 7.03. The first kappa shape index (κ1) is 19.7. The van der Waals surface area contributed by atoms with Crippen LogP contribution in [0.5, 0.6) is 11.5 Å². The molecule has 3 rings (SSSR count). The highest BCUT2D eigenvalue weighted by Crippen LogP contribution is 2.32. The van der Waals surface area contributed by atoms with Gasteiger partial charge in [0.2, 0.25) is 0 Å². The summed E-state index contributed by atoms with van der Waals surface area (Å²) in [6.07, 6.45) is 2.07. The molecule has 2 aromatic rings. The fourth-order valence-electron chi connectivity index (χ4n) is 3.90. The molecule has 6 heteroatoms. The van der Waals surface area contributed by atoms with Crippen LogP contribution < -0.4 is 19.7 Å². The summed E-state index contributed by atoms with van der Waals surface area (Å²) in [6.45, 7) is 2.89. The van der Waals surface area contributed by atoms with Crippen LogP contribution in [-0.4, -0.2) is 32.7 Å². The predicted octanol–water partition coefficient (Wildman–Crippen LogP) is 2.32. The topological polar surface area (TPSA) is 75.8 Å². The Morgan fingerprint density at radius 1 is 1.21 bits per heavy atom. The van der Waals surface area contributed by atoms with Gasteiger partial charge in [0.25, 0.3) is 5.91 Å². The molecule has 1 amide bonds. The molecule has 0 aliphatic carbocycles. The van der Waals surface area contributed by atoms with E-state index < -0.39 is 0 Å². The lowest BCUT2D eigenvalue weighted by Gasteiger charge is -2.28. The number of likely N-dealkylation sites (tertiary alicyclic amines) is 1. The Kier molecular flexibility index (Phi) is 6.17. The molecule has 3 atom stereocenters. The van der Waals surface area contributed by atoms with E-state index >= 15 is 0 Å². The minimum Gasteiger partial charge on any atom is -0.497 e. The summed E-state index contributed by atoms with van der Waals surface area (Å²) in [5.74, 6) is 1.52. The van der Waals surface area contributed by atoms with E-state index in [4.69, 9.17) is 14.7 Å². The average molecular weight is 380 g/mol. The average Bonchev–Trinajstić information content (AvgIpc) is 3.22. The van der Waals surface area contributed by atoms with Crippen molar-refractivity contribution in [3.63, 3.8) is 0 Å². The standard InChI is InChI=1S/C22H25N3O3/c1-15(22(26)24-17-8-6-16(14-23)7-9-17)25-12-4-5-20(25)19-11-10-18(27-2)13-21(19)28-3/h6-11,13,15,20H,4-5,12H2,1-3H3,(H,24,26)/p+1/t15-,20+/m0/s1. The van der Waals surface area contributed by atoms with Crippen molar-refractivity contribution in [2.75, 3.05) is 26.1 Å². The lowest BCUT2D eigenvalue weighted by Crippen LogP contribution is -3.15. The summed E-state index contributed by atoms with van der Waals surface area (Å²) in [5.41, 5.74) is 2.38. The first-order valence-electron chi connectivity index (χ1n) is 9.46. The van der Waals surface area contributed by atoms with Crippen molar-refractivity contribution in [3.8, 4) is 17.6 Å². The Bertz CT molecular complexity index is 874. The number of hydrogen-bond donors (Lipinski definition) is 2. The summed E-state index contributed by atoms with van der Waals surface area (Å²) in [7, 11) is 3.30. The van der Waals surface area contributed by atoms with Crippen molar-refractivity contribution in [2.45, 2.75) is 31.8 Å². The molecule has 0 aromatic heterocycles. The highest BCUT2D eigenvalue weighted by atomic mass is 16.5. The van der Waals surface area contributed by atoms with Crippen LogP contribution in [-0.2, 0) is 4.79 Å². The first-order valence-corrected chi connectivity index (χ1v) is 9.46. The molecular formula is C22H26N3O3+. The number of nitrogens with zero attached hydrogens (tertiary/aromatic N) is 1. The lowest BCUT2D eigenvalue weighted by atomic mass is 10.0. The van der Waals surface area contributed by atoms with E-state index in [0.29, 0.717) is 11.3 Å². The van der Waals surface area contributed by atoms with Crippen molar-refractivity contribution >= 4 is 11.6 Å². The van der Waals surface area contributed by atoms with Gasteiger partial charge in [-0.2, -0.15) is 5.26 Å². The minimum absolute atomic E-state index is 0.0286. The number of quaternary nitrogens is 1. The van der Waals surface area contributed by atoms with Crippen LogP contribution >= 0.6 is 0 Å². The van der Waals surface area contributed by atoms with Crippen molar-refractivity contribution in [3.05, 3.63) is 53.6 Å². The number of methoxy groups -OCH3 is 2. The molecule has 6 nitrogen and oxygen atoms in total. The molecule has 1 unspecified atom stereocenters. The van der Waals surface area contributed by atoms with E-state index in [1.54, 1.807) is 38.5 Å². The SMILES string of the molecule is COc1ccc([C@H]2CCC[NH+]2[C@@H](C)C(=O)Nc2ccc(C#N)cc2)c(OC)c1. The summed E-state index contributed by atoms with van der Waals surface area (Å²) in [4.78, 5) is 14.1. The largest absolute Gasteiger partial charge is 0.497 e. The molecule has 28 heavy (non-hydrogen) atoms. The summed E-state index contributed by atoms with van der Waals surface area (Å²) in [6, 6.07) is 14.9. The fraction of sp³-hybridized carbons (Fsp3) is 0.364. The van der Waals surface area contributed by atoms with Gasteiger partial charge in [0.15, 0.2) is 6.04 Å². The Balaban J connectivity index is 1.76. The van der Waals surface area contributed by atoms with Crippen LogP contribution in [0.2, 0.25) is 0 Å². The van der Waals surface area contributed by atoms with Gasteiger partial charge in [-0.15, -0.1) is 0 Å². The highest BCUT2D eigenvalue weighted by Gasteiger charge is 2.38. The molecule has 1 fully saturated rings. The summed E-state index contributed by atoms with van der Waals surface area (Å²) in [5, 5.41) is 11.9. The number of carbonyl (C=O) groups excluding carboxylic acids is 1. The Hall–Kier alpha value is -3.04. The van der Waals surface area contributed by atoms with Gasteiger partial charge < -0.3 is 19.7 Å². The number of hydrogen-bond acceptors (Lipinski definition) is 4. The van der Waals surface area contributed by atoms with Crippen molar-refractivity contribution in [2.24, 2.45) is 0 Å². The molecule has 0 spiro atoms. The molecular weight excluding hydrogens is 354 g/mol. The molecule has 0 saturated carbocycles. The van der Waals surface area contributed by atoms with Gasteiger partial charge in [0.05, 0.1) is 38.0 Å². The van der Waals surface area contributed by atoms with Crippen LogP contribution in [0.15, 0.2) is 42.5 Å². The second kappa shape index (κ2) is 8.77. The van der Waals surface area contributed by atoms with Gasteiger partial charge in [-0.3, -0.25) is 4.79 Å². The zero-order chi connectivity index (χ0) is 20.1. The van der Waals surface area contributed by atoms with E-state index in [1.807, 2.05) is 25.1 Å². The maximum atomic E-state index is 12.8. The van der Waals surface area contributed by atoms with Crippen LogP contribution in [0.4, 0.5) is 5.69 Å². The number of nitriles is 1. The number of rotatable bonds is 6. The Morgan fingerprint density at radius 3 is 2.61 bits per heavy atom. The monoisotopic (exact) mass is 380 g/mol. The van der Waals surface area contributed by atoms with E-state index in [0.717, 1.165) is 36.4 Å². The maximum Gasteiger partial charge on any atom is 0.282 e. The number of anilines is 1. The van der Waals surface area contributed by atoms with Crippen LogP contribution in [0.3, 0.4) is 0 Å². The number of ether oxygens (including phenoxy) is 2. The molecule has 1 aliphatic rings. The fourth-order valence-corrected chi connectivity index (χ4v) is 3.90. The quantitative estimate of drug-likeness (QED) is 0.807. The number of nitrogens with one attached hydrogen (secondary N) is 2. The third-order valence-corrected chi connectivity index (χ3v) is 5.45. The van der Waals surface area contributed by atoms with Crippen molar-refractivity contribution in [1.29, 1.82) is 5.26 Å². The number of carbonyl (C=O) groups is 1. The zero-order valence-electron chi connectivity index (χ0n) is 16.5. The Labute approximate surface area is 165 Å². The summed E-state index contributed by atoms with van der Waals surface area (Å²) < 4.78 is 10.9. The molecule has 0 radical (unpaired) electrons. The van der Waals surface area contributed by atoms with E-state index in [-0.39, 0.29) is 18.0 Å². The Morgan fingerprint density at radius 2 is 1.96 bits per heavy atom. The predicted molar refractivity (Wildman–Crippen MR) is 107 cm³/mol. The van der Waals surface area contributed by atoms with E-state index in [2.05, 4.69) is 11.4 Å². The first-order chi connectivity index (χ1) is 13.6. The van der Waals surface area contributed by atoms with E-state index in [9.17, 15) is 4.79 Å². The van der Waals surface area contributed by atoms with Gasteiger partial charge in [-0.1, -0.05) is 0 Å². The number of benzene rings is 2. The third-order valence-electron chi connectivity index (χ3n) is 5.45. The van der Waals surface area contributed by atoms with Gasteiger partial charge in [-0.25, -0.2) is 0 Å². The molecule has 2 N–H and O–H groups in total. The molecule has 0 bridgehead atoms. The van der Waals surface area contributed by atoms with Crippen molar-refractivity contribution < 1.29 is 19.2 Å². The molecule has 1 heterocycles. The number of amides is 1. The van der Waals surface area contributed by atoms with Gasteiger partial charge in [-0.05, 0) is 43.3 Å². The normalized spacial score (nSPS) is 19.5. The van der Waals surface area contributed by atoms with E-state index in [1.165, 1.54) is 4.90 Å². The molecule has 1 aliphatic heterocycles. The third kappa shape index (κ3) is 4.10. The summed E-state index contributed by atoms with van der Waals surface area (Å²) >= 11 is 0. The minimum atomic E-state index is -0.213. The van der Waals surface area contributed by atoms with Gasteiger partial charge in [0, 0.05) is 24.6 Å². The van der Waals surface area contributed by atoms with Gasteiger partial charge >= 0.3 is 0 Å². The van der Waals surface area contributed by atoms with Crippen LogP contribution in [0.25, 0.3) is 0 Å². The molecule has 1 saturated heterocycles. The highest BCUT2D eigenvalue weighted by molar-refractivity contribution is 5.93. The van der Waals surface area contributed by atoms with Gasteiger partial charge in [0.1, 0.15) is 17.5 Å². The van der Waals surface area contributed by atoms with Crippen molar-refractivity contribution in [1.82, 2.24) is 0 Å². The maximum absolute atomic E-state index is 12.8.